The Bertz CT molecular complexity index is 612. The molecule has 0 heterocycles. The standard InChI is InChI=1S/C17H22N2O2/c1-4-7-21-15-10-13(18)9-14(11-15)19-16-8-12(2)5-6-17(16)20-3/h5-6,8-11,19H,4,7,18H2,1-3H3. The van der Waals surface area contributed by atoms with Crippen LogP contribution in [0.5, 0.6) is 11.5 Å². The number of nitrogens with two attached hydrogens (primary N) is 1. The molecule has 2 aromatic carbocycles. The van der Waals surface area contributed by atoms with Crippen molar-refractivity contribution in [3.8, 4) is 11.5 Å². The second-order valence-corrected chi connectivity index (χ2v) is 4.97. The van der Waals surface area contributed by atoms with Gasteiger partial charge in [0.15, 0.2) is 0 Å². The van der Waals surface area contributed by atoms with Crippen LogP contribution in [0, 0.1) is 6.92 Å². The Kier molecular flexibility index (Phi) is 4.93. The van der Waals surface area contributed by atoms with Crippen molar-refractivity contribution in [1.29, 1.82) is 0 Å². The maximum absolute atomic E-state index is 5.93. The van der Waals surface area contributed by atoms with E-state index in [-0.39, 0.29) is 0 Å². The van der Waals surface area contributed by atoms with Gasteiger partial charge in [0.1, 0.15) is 11.5 Å². The topological polar surface area (TPSA) is 56.5 Å². The largest absolute Gasteiger partial charge is 0.495 e. The molecule has 4 heteroatoms. The average Bonchev–Trinajstić information content (AvgIpc) is 2.45. The molecule has 0 aromatic heterocycles. The second-order valence-electron chi connectivity index (χ2n) is 4.97. The van der Waals surface area contributed by atoms with Crippen molar-refractivity contribution in [2.45, 2.75) is 20.3 Å². The molecule has 21 heavy (non-hydrogen) atoms. The third kappa shape index (κ3) is 4.05. The predicted molar refractivity (Wildman–Crippen MR) is 87.7 cm³/mol. The first-order valence-corrected chi connectivity index (χ1v) is 7.07. The van der Waals surface area contributed by atoms with Crippen molar-refractivity contribution in [3.63, 3.8) is 0 Å². The molecule has 0 atom stereocenters. The van der Waals surface area contributed by atoms with E-state index < -0.39 is 0 Å². The molecular formula is C17H22N2O2. The summed E-state index contributed by atoms with van der Waals surface area (Å²) in [4.78, 5) is 0. The number of methoxy groups -OCH3 is 1. The van der Waals surface area contributed by atoms with Crippen LogP contribution in [-0.4, -0.2) is 13.7 Å². The lowest BCUT2D eigenvalue weighted by atomic mass is 10.2. The lowest BCUT2D eigenvalue weighted by Gasteiger charge is -2.14. The van der Waals surface area contributed by atoms with Gasteiger partial charge in [0.2, 0.25) is 0 Å². The van der Waals surface area contributed by atoms with Crippen molar-refractivity contribution in [1.82, 2.24) is 0 Å². The third-order valence-electron chi connectivity index (χ3n) is 3.04. The highest BCUT2D eigenvalue weighted by Crippen LogP contribution is 2.31. The molecule has 0 spiro atoms. The van der Waals surface area contributed by atoms with Crippen LogP contribution in [0.3, 0.4) is 0 Å². The van der Waals surface area contributed by atoms with E-state index >= 15 is 0 Å². The fraction of sp³-hybridized carbons (Fsp3) is 0.294. The van der Waals surface area contributed by atoms with Crippen LogP contribution in [0.4, 0.5) is 17.1 Å². The maximum Gasteiger partial charge on any atom is 0.142 e. The summed E-state index contributed by atoms with van der Waals surface area (Å²) in [5.41, 5.74) is 9.54. The van der Waals surface area contributed by atoms with E-state index in [0.717, 1.165) is 34.9 Å². The molecular weight excluding hydrogens is 264 g/mol. The highest BCUT2D eigenvalue weighted by atomic mass is 16.5. The zero-order valence-electron chi connectivity index (χ0n) is 12.8. The normalized spacial score (nSPS) is 10.2. The SMILES string of the molecule is CCCOc1cc(N)cc(Nc2cc(C)ccc2OC)c1. The molecule has 0 saturated carbocycles. The van der Waals surface area contributed by atoms with Crippen molar-refractivity contribution < 1.29 is 9.47 Å². The van der Waals surface area contributed by atoms with Gasteiger partial charge in [-0.1, -0.05) is 13.0 Å². The van der Waals surface area contributed by atoms with E-state index in [1.807, 2.05) is 43.3 Å². The number of anilines is 3. The van der Waals surface area contributed by atoms with Gasteiger partial charge in [0.25, 0.3) is 0 Å². The third-order valence-corrected chi connectivity index (χ3v) is 3.04. The number of benzene rings is 2. The van der Waals surface area contributed by atoms with E-state index in [4.69, 9.17) is 15.2 Å². The van der Waals surface area contributed by atoms with Crippen LogP contribution in [-0.2, 0) is 0 Å². The van der Waals surface area contributed by atoms with Crippen molar-refractivity contribution in [2.24, 2.45) is 0 Å². The molecule has 0 radical (unpaired) electrons. The monoisotopic (exact) mass is 286 g/mol. The minimum absolute atomic E-state index is 0.665. The molecule has 3 N–H and O–H groups in total. The number of rotatable bonds is 6. The summed E-state index contributed by atoms with van der Waals surface area (Å²) in [5.74, 6) is 1.56. The van der Waals surface area contributed by atoms with Gasteiger partial charge in [-0.05, 0) is 37.1 Å². The first-order chi connectivity index (χ1) is 10.1. The summed E-state index contributed by atoms with van der Waals surface area (Å²) in [7, 11) is 1.66. The van der Waals surface area contributed by atoms with Crippen LogP contribution in [0.1, 0.15) is 18.9 Å². The van der Waals surface area contributed by atoms with E-state index in [1.165, 1.54) is 0 Å². The van der Waals surface area contributed by atoms with Gasteiger partial charge in [-0.3, -0.25) is 0 Å². The molecule has 4 nitrogen and oxygen atoms in total. The predicted octanol–water partition coefficient (Wildman–Crippen LogP) is 4.12. The van der Waals surface area contributed by atoms with Gasteiger partial charge in [-0.25, -0.2) is 0 Å². The summed E-state index contributed by atoms with van der Waals surface area (Å²) in [6.45, 7) is 4.79. The quantitative estimate of drug-likeness (QED) is 0.784. The summed E-state index contributed by atoms with van der Waals surface area (Å²) in [5, 5.41) is 3.34. The zero-order valence-corrected chi connectivity index (χ0v) is 12.8. The molecule has 0 fully saturated rings. The minimum Gasteiger partial charge on any atom is -0.495 e. The Morgan fingerprint density at radius 3 is 2.67 bits per heavy atom. The first kappa shape index (κ1) is 15.0. The average molecular weight is 286 g/mol. The highest BCUT2D eigenvalue weighted by molar-refractivity contribution is 5.70. The molecule has 2 rings (SSSR count). The fourth-order valence-corrected chi connectivity index (χ4v) is 2.07. The molecule has 112 valence electrons. The molecule has 0 aliphatic rings. The molecule has 2 aromatic rings. The van der Waals surface area contributed by atoms with Crippen LogP contribution >= 0.6 is 0 Å². The number of aryl methyl sites for hydroxylation is 1. The molecule has 0 bridgehead atoms. The van der Waals surface area contributed by atoms with Gasteiger partial charge >= 0.3 is 0 Å². The molecule has 0 amide bonds. The highest BCUT2D eigenvalue weighted by Gasteiger charge is 2.06. The summed E-state index contributed by atoms with van der Waals surface area (Å²) in [6.07, 6.45) is 0.962. The molecule has 0 aliphatic heterocycles. The Morgan fingerprint density at radius 1 is 1.14 bits per heavy atom. The van der Waals surface area contributed by atoms with E-state index in [2.05, 4.69) is 12.2 Å². The Hall–Kier alpha value is -2.36. The van der Waals surface area contributed by atoms with Crippen LogP contribution in [0.2, 0.25) is 0 Å². The van der Waals surface area contributed by atoms with E-state index in [9.17, 15) is 0 Å². The van der Waals surface area contributed by atoms with E-state index in [0.29, 0.717) is 12.3 Å². The fourth-order valence-electron chi connectivity index (χ4n) is 2.07. The van der Waals surface area contributed by atoms with Gasteiger partial charge in [-0.15, -0.1) is 0 Å². The number of hydrogen-bond acceptors (Lipinski definition) is 4. The Labute approximate surface area is 125 Å². The van der Waals surface area contributed by atoms with E-state index in [1.54, 1.807) is 7.11 Å². The molecule has 0 saturated heterocycles. The van der Waals surface area contributed by atoms with Crippen LogP contribution in [0.15, 0.2) is 36.4 Å². The Morgan fingerprint density at radius 2 is 1.95 bits per heavy atom. The molecule has 0 unspecified atom stereocenters. The maximum atomic E-state index is 5.93. The van der Waals surface area contributed by atoms with Crippen molar-refractivity contribution in [3.05, 3.63) is 42.0 Å². The Balaban J connectivity index is 2.26. The van der Waals surface area contributed by atoms with Gasteiger partial charge in [-0.2, -0.15) is 0 Å². The van der Waals surface area contributed by atoms with Crippen LogP contribution in [0.25, 0.3) is 0 Å². The summed E-state index contributed by atoms with van der Waals surface area (Å²) < 4.78 is 11.0. The number of ether oxygens (including phenoxy) is 2. The summed E-state index contributed by atoms with van der Waals surface area (Å²) >= 11 is 0. The van der Waals surface area contributed by atoms with Crippen LogP contribution < -0.4 is 20.5 Å². The van der Waals surface area contributed by atoms with Gasteiger partial charge in [0.05, 0.1) is 19.4 Å². The van der Waals surface area contributed by atoms with Crippen molar-refractivity contribution >= 4 is 17.1 Å². The van der Waals surface area contributed by atoms with Gasteiger partial charge in [0, 0.05) is 23.5 Å². The minimum atomic E-state index is 0.665. The number of nitrogen functional groups attached to an aromatic ring is 1. The lowest BCUT2D eigenvalue weighted by Crippen LogP contribution is -1.99. The summed E-state index contributed by atoms with van der Waals surface area (Å²) in [6, 6.07) is 11.6. The number of hydrogen-bond donors (Lipinski definition) is 2. The zero-order chi connectivity index (χ0) is 15.2. The molecule has 0 aliphatic carbocycles. The number of nitrogens with one attached hydrogen (secondary N) is 1. The van der Waals surface area contributed by atoms with Gasteiger partial charge < -0.3 is 20.5 Å². The second kappa shape index (κ2) is 6.88. The first-order valence-electron chi connectivity index (χ1n) is 7.07. The lowest BCUT2D eigenvalue weighted by molar-refractivity contribution is 0.318. The van der Waals surface area contributed by atoms with Crippen molar-refractivity contribution in [2.75, 3.05) is 24.8 Å². The smallest absolute Gasteiger partial charge is 0.142 e.